The second-order valence-corrected chi connectivity index (χ2v) is 6.73. The number of nitrogens with one attached hydrogen (secondary N) is 2. The van der Waals surface area contributed by atoms with E-state index in [9.17, 15) is 19.2 Å². The lowest BCUT2D eigenvalue weighted by atomic mass is 9.82. The van der Waals surface area contributed by atoms with Crippen LogP contribution in [0.15, 0.2) is 30.3 Å². The first kappa shape index (κ1) is 19.6. The molecule has 0 aromatic heterocycles. The number of primary amides is 1. The Labute approximate surface area is 152 Å². The van der Waals surface area contributed by atoms with E-state index in [1.165, 1.54) is 6.92 Å². The summed E-state index contributed by atoms with van der Waals surface area (Å²) in [6, 6.07) is 7.52. The van der Waals surface area contributed by atoms with Gasteiger partial charge in [-0.2, -0.15) is 0 Å². The van der Waals surface area contributed by atoms with Crippen molar-refractivity contribution in [1.82, 2.24) is 10.6 Å². The van der Waals surface area contributed by atoms with Gasteiger partial charge in [0.1, 0.15) is 17.9 Å². The highest BCUT2D eigenvalue weighted by Crippen LogP contribution is 2.24. The fraction of sp³-hybridized carbons (Fsp3) is 0.474. The zero-order chi connectivity index (χ0) is 19.1. The molecule has 1 aliphatic rings. The van der Waals surface area contributed by atoms with E-state index in [2.05, 4.69) is 10.6 Å². The summed E-state index contributed by atoms with van der Waals surface area (Å²) >= 11 is 0. The first-order valence-electron chi connectivity index (χ1n) is 8.79. The van der Waals surface area contributed by atoms with Crippen LogP contribution in [0.25, 0.3) is 0 Å². The molecule has 0 heterocycles. The number of nitrogens with two attached hydrogens (primary N) is 1. The molecular weight excluding hydrogens is 334 g/mol. The van der Waals surface area contributed by atoms with Gasteiger partial charge < -0.3 is 16.4 Å². The molecule has 7 nitrogen and oxygen atoms in total. The molecule has 1 aromatic carbocycles. The van der Waals surface area contributed by atoms with E-state index < -0.39 is 23.9 Å². The van der Waals surface area contributed by atoms with Crippen molar-refractivity contribution >= 4 is 23.5 Å². The summed E-state index contributed by atoms with van der Waals surface area (Å²) in [5.41, 5.74) is 6.34. The molecule has 0 unspecified atom stereocenters. The Bertz CT molecular complexity index is 675. The topological polar surface area (TPSA) is 118 Å². The van der Waals surface area contributed by atoms with Gasteiger partial charge in [0, 0.05) is 26.2 Å². The maximum atomic E-state index is 12.7. The molecule has 0 radical (unpaired) electrons. The average Bonchev–Trinajstić information content (AvgIpc) is 2.59. The predicted molar refractivity (Wildman–Crippen MR) is 95.8 cm³/mol. The second kappa shape index (κ2) is 9.12. The lowest BCUT2D eigenvalue weighted by Crippen LogP contribution is -2.56. The molecule has 0 bridgehead atoms. The molecular formula is C19H25N3O4. The summed E-state index contributed by atoms with van der Waals surface area (Å²) in [7, 11) is 0. The molecule has 1 fully saturated rings. The fourth-order valence-electron chi connectivity index (χ4n) is 3.32. The molecule has 0 aliphatic heterocycles. The van der Waals surface area contributed by atoms with E-state index in [0.29, 0.717) is 25.7 Å². The van der Waals surface area contributed by atoms with Crippen LogP contribution in [0.1, 0.15) is 38.2 Å². The molecule has 7 heteroatoms. The predicted octanol–water partition coefficient (Wildman–Crippen LogP) is 0.463. The van der Waals surface area contributed by atoms with Crippen LogP contribution in [0.3, 0.4) is 0 Å². The van der Waals surface area contributed by atoms with Gasteiger partial charge in [-0.05, 0) is 24.3 Å². The van der Waals surface area contributed by atoms with E-state index in [-0.39, 0.29) is 24.0 Å². The number of Topliss-reactive ketones (excluding diaryl/α,β-unsaturated/α-hetero) is 1. The largest absolute Gasteiger partial charge is 0.368 e. The van der Waals surface area contributed by atoms with Gasteiger partial charge in [0.2, 0.25) is 17.7 Å². The third-order valence-corrected chi connectivity index (χ3v) is 4.57. The summed E-state index contributed by atoms with van der Waals surface area (Å²) in [5, 5.41) is 5.27. The molecule has 3 atom stereocenters. The quantitative estimate of drug-likeness (QED) is 0.655. The van der Waals surface area contributed by atoms with Gasteiger partial charge in [0.15, 0.2) is 0 Å². The van der Waals surface area contributed by atoms with Crippen molar-refractivity contribution in [3.63, 3.8) is 0 Å². The van der Waals surface area contributed by atoms with Gasteiger partial charge in [-0.3, -0.25) is 19.2 Å². The third-order valence-electron chi connectivity index (χ3n) is 4.57. The summed E-state index contributed by atoms with van der Waals surface area (Å²) in [6.45, 7) is 1.33. The van der Waals surface area contributed by atoms with Crippen LogP contribution in [-0.4, -0.2) is 35.6 Å². The van der Waals surface area contributed by atoms with Crippen LogP contribution in [0.4, 0.5) is 0 Å². The lowest BCUT2D eigenvalue weighted by molar-refractivity contribution is -0.132. The Morgan fingerprint density at radius 2 is 1.88 bits per heavy atom. The van der Waals surface area contributed by atoms with Crippen LogP contribution < -0.4 is 16.4 Å². The number of amides is 3. The van der Waals surface area contributed by atoms with Crippen LogP contribution in [0.5, 0.6) is 0 Å². The third kappa shape index (κ3) is 5.68. The smallest absolute Gasteiger partial charge is 0.243 e. The lowest BCUT2D eigenvalue weighted by Gasteiger charge is -2.29. The molecule has 3 amide bonds. The molecule has 0 saturated heterocycles. The highest BCUT2D eigenvalue weighted by molar-refractivity contribution is 5.92. The maximum Gasteiger partial charge on any atom is 0.243 e. The van der Waals surface area contributed by atoms with Crippen molar-refractivity contribution in [2.75, 3.05) is 0 Å². The Kier molecular flexibility index (Phi) is 6.89. The van der Waals surface area contributed by atoms with Crippen molar-refractivity contribution in [3.8, 4) is 0 Å². The van der Waals surface area contributed by atoms with Crippen LogP contribution in [0.2, 0.25) is 0 Å². The Morgan fingerprint density at radius 3 is 2.46 bits per heavy atom. The van der Waals surface area contributed by atoms with E-state index in [4.69, 9.17) is 5.73 Å². The summed E-state index contributed by atoms with van der Waals surface area (Å²) < 4.78 is 0. The normalized spacial score (nSPS) is 19.3. The number of carbonyl (C=O) groups excluding carboxylic acids is 4. The Hall–Kier alpha value is -2.70. The molecule has 1 saturated carbocycles. The highest BCUT2D eigenvalue weighted by atomic mass is 16.2. The molecule has 26 heavy (non-hydrogen) atoms. The minimum atomic E-state index is -0.918. The number of hydrogen-bond acceptors (Lipinski definition) is 4. The van der Waals surface area contributed by atoms with Gasteiger partial charge in [0.25, 0.3) is 0 Å². The maximum absolute atomic E-state index is 12.7. The second-order valence-electron chi connectivity index (χ2n) is 6.73. The Balaban J connectivity index is 2.10. The zero-order valence-electron chi connectivity index (χ0n) is 14.9. The van der Waals surface area contributed by atoms with Crippen molar-refractivity contribution < 1.29 is 19.2 Å². The number of benzene rings is 1. The Morgan fingerprint density at radius 1 is 1.19 bits per heavy atom. The molecule has 1 aromatic rings. The van der Waals surface area contributed by atoms with Gasteiger partial charge in [-0.25, -0.2) is 0 Å². The van der Waals surface area contributed by atoms with Gasteiger partial charge in [-0.1, -0.05) is 30.3 Å². The van der Waals surface area contributed by atoms with Crippen LogP contribution >= 0.6 is 0 Å². The standard InChI is InChI=1S/C19H25N3O4/c1-12(23)21-16(10-13-6-3-2-4-7-13)19(26)22-17(18(20)25)14-8-5-9-15(24)11-14/h2-4,6-7,14,16-17H,5,8-11H2,1H3,(H2,20,25)(H,21,23)(H,22,26)/t14-,16-,17-/m0/s1. The van der Waals surface area contributed by atoms with E-state index in [0.717, 1.165) is 5.56 Å². The number of carbonyl (C=O) groups is 4. The highest BCUT2D eigenvalue weighted by Gasteiger charge is 2.33. The number of rotatable bonds is 7. The van der Waals surface area contributed by atoms with Crippen molar-refractivity contribution in [2.45, 2.75) is 51.1 Å². The van der Waals surface area contributed by atoms with Crippen molar-refractivity contribution in [2.24, 2.45) is 11.7 Å². The number of hydrogen-bond donors (Lipinski definition) is 3. The minimum absolute atomic E-state index is 0.0736. The molecule has 140 valence electrons. The monoisotopic (exact) mass is 359 g/mol. The van der Waals surface area contributed by atoms with Crippen LogP contribution in [0, 0.1) is 5.92 Å². The molecule has 4 N–H and O–H groups in total. The zero-order valence-corrected chi connectivity index (χ0v) is 14.9. The fourth-order valence-corrected chi connectivity index (χ4v) is 3.32. The first-order chi connectivity index (χ1) is 12.4. The number of ketones is 1. The van der Waals surface area contributed by atoms with E-state index in [1.807, 2.05) is 30.3 Å². The van der Waals surface area contributed by atoms with E-state index >= 15 is 0 Å². The van der Waals surface area contributed by atoms with Gasteiger partial charge in [0.05, 0.1) is 0 Å². The molecule has 2 rings (SSSR count). The minimum Gasteiger partial charge on any atom is -0.368 e. The van der Waals surface area contributed by atoms with E-state index in [1.54, 1.807) is 0 Å². The van der Waals surface area contributed by atoms with Crippen molar-refractivity contribution in [3.05, 3.63) is 35.9 Å². The first-order valence-corrected chi connectivity index (χ1v) is 8.79. The van der Waals surface area contributed by atoms with Crippen molar-refractivity contribution in [1.29, 1.82) is 0 Å². The SMILES string of the molecule is CC(=O)N[C@@H](Cc1ccccc1)C(=O)N[C@H](C(N)=O)[C@H]1CCCC(=O)C1. The van der Waals surface area contributed by atoms with Gasteiger partial charge >= 0.3 is 0 Å². The molecule has 1 aliphatic carbocycles. The van der Waals surface area contributed by atoms with Crippen LogP contribution in [-0.2, 0) is 25.6 Å². The molecule has 0 spiro atoms. The van der Waals surface area contributed by atoms with Gasteiger partial charge in [-0.15, -0.1) is 0 Å². The average molecular weight is 359 g/mol. The summed E-state index contributed by atoms with van der Waals surface area (Å²) in [4.78, 5) is 47.7. The summed E-state index contributed by atoms with van der Waals surface area (Å²) in [6.07, 6.45) is 2.36. The summed E-state index contributed by atoms with van der Waals surface area (Å²) in [5.74, 6) is -1.72.